The van der Waals surface area contributed by atoms with Crippen molar-refractivity contribution < 1.29 is 60.1 Å². The third-order valence-electron chi connectivity index (χ3n) is 19.2. The van der Waals surface area contributed by atoms with Crippen molar-refractivity contribution in [1.82, 2.24) is 100 Å². The fourth-order valence-electron chi connectivity index (χ4n) is 12.9. The van der Waals surface area contributed by atoms with Gasteiger partial charge < -0.3 is 57.3 Å². The summed E-state index contributed by atoms with van der Waals surface area (Å²) < 4.78 is 83.4. The number of rotatable bonds is 19. The summed E-state index contributed by atoms with van der Waals surface area (Å²) in [6.45, 7) is 21.5. The summed E-state index contributed by atoms with van der Waals surface area (Å²) in [7, 11) is -4.67. The summed E-state index contributed by atoms with van der Waals surface area (Å²) >= 11 is 41.0. The zero-order chi connectivity index (χ0) is 101. The molecule has 5 aliphatic rings. The number of nitriles is 3. The molecule has 2 atom stereocenters. The fraction of sp³-hybridized carbons (Fsp3) is 0.471. The first-order valence-corrected chi connectivity index (χ1v) is 57.9. The summed E-state index contributed by atoms with van der Waals surface area (Å²) in [6.07, 6.45) is 37.8. The van der Waals surface area contributed by atoms with Crippen LogP contribution >= 0.6 is 96.9 Å². The molecule has 0 radical (unpaired) electrons. The van der Waals surface area contributed by atoms with Crippen LogP contribution in [0.4, 0.5) is 22.1 Å². The molecule has 5 aliphatic heterocycles. The minimum atomic E-state index is -4.67. The molecular formula is C85H124Cl8N29O15PSSn. The summed E-state index contributed by atoms with van der Waals surface area (Å²) in [5.41, 5.74) is 29.1. The molecule has 18 N–H and O–H groups in total. The standard InChI is InChI=1S/C15H17ClN4O2.C10H10Cl2N4O.C10H15N.C6H6N2O.C5H2Cl2N4.C5H4N4O2.C5H8O.C5H7O.C4H6N4O.C4H4N4.3C4H9.CH4N2O.3CH4.Cl3OP.H2O4S.Sn/c16-15-18-13(10-4-7-21-8-5-10)11-9-17-20(14(11)19-15)12-3-1-2-6-22-12;11-8-6-5-13-16(7-3-1-2-4-17-7)9(6)15-10(12)14-8;1-3-11(4-2)10-8-6-5-7-9-10;1-2-9-5-6(3-7)4-8;6-3-2-1-8-11-4(2)10-5(7)9-3;10-4-2-1-6-9-3(2)7-5(11)8-4;2*1-2-4-6-5-3-1;5-3-2(4(6)9)1-7-8-3;5-1-3-2-7-8-4(3)6;3*1-3-4-2;2-1(3)4;;;;2*1-5(2,3)4;/h4,9,12H,1-3,5-8H2;5,7H,1-4H2;5-9H,3-4H2,1-2H3;5H,2H2,1H3;1H,(H,8,9,10,11);1H,(H3,6,7,8,9,10,11);2,4H,1,3,5H2;2H,3-5H2;1H,(H2,6,9)(H3,5,7,8);2H,(H3,6,7,8);3*1,3-4H2,2H3;(H4,2,3,4);3*1H4;;(H2,1,2,3,4);. The molecule has 15 heterocycles. The topological polar surface area (TPSA) is 679 Å². The monoisotopic (exact) mass is 2250 g/mol. The average Bonchev–Trinajstić information content (AvgIpc) is 2.11. The Morgan fingerprint density at radius 2 is 1.13 bits per heavy atom. The maximum Gasteiger partial charge on any atom is 0.394 e. The van der Waals surface area contributed by atoms with E-state index < -0.39 is 57.2 Å². The SMILES string of the molecule is C.C.C.C1=COCCC1.CCC[CH2][Sn]([CH2]CCC)([CH2]CCC)[C]1=CCOCC1.CCN(CC)c1ccccc1.CCOC=C(C#N)C#N.Clc1nc(C2=CCOCC2)c2cnn(C3CCCCO3)c2n1.Clc1nc(Cl)c2cn[nH]c2n1.Clc1nc(Cl)c2cnn(C3CCCCO3)c2n1.N#Cc1cn[nH]c1N.NC(=O)c1cn[nH]c1N.NC(N)=O.O=P(Cl)(Cl)Cl.O=S(=O)(O)O.O=c1[nH]c(=O)c2cn[nH]c2[nH]1. The van der Waals surface area contributed by atoms with E-state index in [9.17, 15) is 18.9 Å². The number of nitrogens with two attached hydrogens (primary N) is 5. The van der Waals surface area contributed by atoms with Gasteiger partial charge in [0, 0.05) is 32.0 Å². The predicted octanol–water partition coefficient (Wildman–Crippen LogP) is 19.0. The second-order valence-corrected chi connectivity index (χ2v) is 51.5. The number of allylic oxidation sites excluding steroid dienone is 2. The first kappa shape index (κ1) is 128. The number of fused-ring (bicyclic) bond motifs is 4. The number of unbranched alkanes of at least 4 members (excludes halogenated alkanes) is 3. The molecule has 3 amide bonds. The Labute approximate surface area is 855 Å². The fourth-order valence-corrected chi connectivity index (χ4v) is 30.9. The molecule has 1 aromatic carbocycles. The number of halogens is 8. The first-order chi connectivity index (χ1) is 65.4. The van der Waals surface area contributed by atoms with E-state index in [2.05, 4.69) is 217 Å². The van der Waals surface area contributed by atoms with Crippen LogP contribution in [0, 0.1) is 34.0 Å². The molecule has 0 aliphatic carbocycles. The molecular weight excluding hydrogens is 2130 g/mol. The molecule has 2 saturated heterocycles. The minimum absolute atomic E-state index is 0. The number of benzene rings is 1. The third kappa shape index (κ3) is 48.9. The van der Waals surface area contributed by atoms with Crippen molar-refractivity contribution >= 4 is 205 Å². The van der Waals surface area contributed by atoms with Crippen LogP contribution in [0.25, 0.3) is 49.7 Å². The van der Waals surface area contributed by atoms with Gasteiger partial charge in [0.05, 0.1) is 91.7 Å². The van der Waals surface area contributed by atoms with Crippen LogP contribution in [0.1, 0.15) is 201 Å². The van der Waals surface area contributed by atoms with E-state index in [1.165, 1.54) is 82.1 Å². The molecule has 0 saturated carbocycles. The van der Waals surface area contributed by atoms with Gasteiger partial charge in [0.2, 0.25) is 15.9 Å². The van der Waals surface area contributed by atoms with Gasteiger partial charge in [-0.05, 0) is 171 Å². The van der Waals surface area contributed by atoms with E-state index in [1.807, 2.05) is 32.7 Å². The molecule has 10 aromatic heterocycles. The van der Waals surface area contributed by atoms with Gasteiger partial charge >= 0.3 is 152 Å². The van der Waals surface area contributed by atoms with Gasteiger partial charge in [-0.2, -0.15) is 69.7 Å². The molecule has 11 aromatic rings. The maximum atomic E-state index is 10.9. The van der Waals surface area contributed by atoms with Crippen LogP contribution < -0.4 is 44.8 Å². The number of amides is 3. The smallest absolute Gasteiger partial charge is 0.394 e. The van der Waals surface area contributed by atoms with Crippen molar-refractivity contribution in [1.29, 1.82) is 15.8 Å². The number of aromatic amines is 6. The van der Waals surface area contributed by atoms with E-state index >= 15 is 0 Å². The molecule has 0 bridgehead atoms. The van der Waals surface area contributed by atoms with Gasteiger partial charge in [0.15, 0.2) is 35.0 Å². The number of anilines is 3. The second-order valence-electron chi connectivity index (χ2n) is 28.8. The number of nitrogen functional groups attached to an aromatic ring is 2. The third-order valence-corrected chi connectivity index (χ3v) is 36.7. The quantitative estimate of drug-likeness (QED) is 0.00680. The minimum Gasteiger partial charge on any atom is -0.499 e. The summed E-state index contributed by atoms with van der Waals surface area (Å²) in [5.74, 6) is -0.0312. The average molecular weight is 2260 g/mol. The van der Waals surface area contributed by atoms with E-state index in [1.54, 1.807) is 55.7 Å². The van der Waals surface area contributed by atoms with Crippen molar-refractivity contribution in [3.8, 4) is 18.2 Å². The first-order valence-electron chi connectivity index (χ1n) is 42.8. The van der Waals surface area contributed by atoms with Crippen LogP contribution in [0.5, 0.6) is 0 Å². The molecule has 16 rings (SSSR count). The van der Waals surface area contributed by atoms with E-state index in [0.717, 1.165) is 120 Å². The number of urea groups is 1. The van der Waals surface area contributed by atoms with E-state index in [0.29, 0.717) is 74.6 Å². The molecule has 2 fully saturated rings. The number of hydrogen-bond acceptors (Lipinski definition) is 31. The number of carbonyl (C=O) groups is 2. The van der Waals surface area contributed by atoms with Gasteiger partial charge in [0.25, 0.3) is 11.5 Å². The number of carbonyl (C=O) groups excluding carboxylic acids is 2. The van der Waals surface area contributed by atoms with Gasteiger partial charge in [0.1, 0.15) is 68.6 Å². The van der Waals surface area contributed by atoms with Crippen LogP contribution in [0.15, 0.2) is 117 Å². The van der Waals surface area contributed by atoms with E-state index in [-0.39, 0.29) is 67.5 Å². The molecule has 2 unspecified atom stereocenters. The van der Waals surface area contributed by atoms with Crippen molar-refractivity contribution in [2.45, 2.75) is 192 Å². The van der Waals surface area contributed by atoms with Crippen molar-refractivity contribution in [3.05, 3.63) is 171 Å². The number of primary amides is 3. The van der Waals surface area contributed by atoms with Crippen molar-refractivity contribution in [2.24, 2.45) is 17.2 Å². The number of nitrogens with one attached hydrogen (secondary N) is 6. The van der Waals surface area contributed by atoms with Gasteiger partial charge in [-0.15, -0.1) is 0 Å². The summed E-state index contributed by atoms with van der Waals surface area (Å²) in [4.78, 5) is 72.2. The molecule has 0 spiro atoms. The number of aromatic nitrogens is 20. The number of hydrogen-bond donors (Lipinski definition) is 13. The van der Waals surface area contributed by atoms with Gasteiger partial charge in [-0.25, -0.2) is 33.9 Å². The number of para-hydroxylation sites is 1. The van der Waals surface area contributed by atoms with Crippen molar-refractivity contribution in [2.75, 3.05) is 82.3 Å². The van der Waals surface area contributed by atoms with Crippen LogP contribution in [0.2, 0.25) is 39.5 Å². The Morgan fingerprint density at radius 3 is 1.55 bits per heavy atom. The van der Waals surface area contributed by atoms with Crippen LogP contribution in [-0.2, 0) is 43.4 Å². The summed E-state index contributed by atoms with van der Waals surface area (Å²) in [5, 5.41) is 58.0. The zero-order valence-corrected chi connectivity index (χ0v) is 86.5. The molecule has 55 heteroatoms. The largest absolute Gasteiger partial charge is 0.499 e. The number of H-pyrrole nitrogens is 6. The number of nitrogens with zero attached hydrogens (tertiary/aromatic N) is 18. The molecule has 140 heavy (non-hydrogen) atoms. The molecule has 770 valence electrons. The van der Waals surface area contributed by atoms with Gasteiger partial charge in [-0.3, -0.25) is 53.6 Å². The van der Waals surface area contributed by atoms with Crippen LogP contribution in [-0.4, -0.2) is 214 Å². The Morgan fingerprint density at radius 1 is 0.629 bits per heavy atom. The normalized spacial score (nSPS) is 14.2. The number of ether oxygens (including phenoxy) is 6. The van der Waals surface area contributed by atoms with E-state index in [4.69, 9.17) is 137 Å². The Bertz CT molecular complexity index is 5980. The van der Waals surface area contributed by atoms with Crippen LogP contribution in [0.3, 0.4) is 0 Å². The van der Waals surface area contributed by atoms with Crippen molar-refractivity contribution in [3.63, 3.8) is 0 Å². The Hall–Kier alpha value is -10.3. The predicted molar refractivity (Wildman–Crippen MR) is 552 cm³/mol. The zero-order valence-electron chi connectivity index (χ0n) is 75.9. The molecule has 44 nitrogen and oxygen atoms in total. The Balaban J connectivity index is 0.000000778. The Kier molecular flexibility index (Phi) is 64.2. The van der Waals surface area contributed by atoms with Gasteiger partial charge in [-0.1, -0.05) is 69.8 Å². The maximum absolute atomic E-state index is 10.9. The second kappa shape index (κ2) is 70.3. The summed E-state index contributed by atoms with van der Waals surface area (Å²) in [6, 6.07) is 14.8.